The first-order valence-corrected chi connectivity index (χ1v) is 6.32. The summed E-state index contributed by atoms with van der Waals surface area (Å²) in [7, 11) is 1.71. The molecular weight excluding hydrogens is 216 g/mol. The summed E-state index contributed by atoms with van der Waals surface area (Å²) in [5.74, 6) is 0. The minimum Gasteiger partial charge on any atom is -0.396 e. The second kappa shape index (κ2) is 9.22. The molecule has 0 saturated carbocycles. The van der Waals surface area contributed by atoms with Crippen LogP contribution < -0.4 is 5.32 Å². The van der Waals surface area contributed by atoms with Crippen molar-refractivity contribution in [2.24, 2.45) is 0 Å². The van der Waals surface area contributed by atoms with E-state index in [0.717, 1.165) is 45.5 Å². The van der Waals surface area contributed by atoms with Crippen LogP contribution in [0.2, 0.25) is 0 Å². The van der Waals surface area contributed by atoms with Crippen LogP contribution in [-0.4, -0.2) is 36.5 Å². The molecule has 0 bridgehead atoms. The summed E-state index contributed by atoms with van der Waals surface area (Å²) in [6.07, 6.45) is 7.43. The third-order valence-electron chi connectivity index (χ3n) is 2.70. The Labute approximate surface area is 104 Å². The predicted molar refractivity (Wildman–Crippen MR) is 69.0 cm³/mol. The van der Waals surface area contributed by atoms with Crippen molar-refractivity contribution in [3.63, 3.8) is 0 Å². The van der Waals surface area contributed by atoms with Gasteiger partial charge in [-0.3, -0.25) is 0 Å². The topological polar surface area (TPSA) is 46.4 Å². The summed E-state index contributed by atoms with van der Waals surface area (Å²) in [5.41, 5.74) is 1.31. The van der Waals surface area contributed by atoms with Gasteiger partial charge in [0.15, 0.2) is 0 Å². The van der Waals surface area contributed by atoms with Gasteiger partial charge < -0.3 is 19.7 Å². The van der Waals surface area contributed by atoms with E-state index >= 15 is 0 Å². The van der Waals surface area contributed by atoms with E-state index in [1.54, 1.807) is 7.11 Å². The lowest BCUT2D eigenvalue weighted by Crippen LogP contribution is -2.18. The molecule has 0 unspecified atom stereocenters. The van der Waals surface area contributed by atoms with Crippen molar-refractivity contribution in [3.8, 4) is 0 Å². The van der Waals surface area contributed by atoms with Crippen molar-refractivity contribution in [1.29, 1.82) is 0 Å². The number of aromatic nitrogens is 1. The molecular formula is C13H24N2O2. The Hall–Kier alpha value is -0.840. The van der Waals surface area contributed by atoms with Gasteiger partial charge in [-0.2, -0.15) is 0 Å². The normalized spacial score (nSPS) is 10.9. The van der Waals surface area contributed by atoms with Crippen LogP contribution in [0.4, 0.5) is 0 Å². The van der Waals surface area contributed by atoms with Gasteiger partial charge in [0.25, 0.3) is 0 Å². The van der Waals surface area contributed by atoms with Crippen molar-refractivity contribution in [1.82, 2.24) is 9.88 Å². The second-order valence-electron chi connectivity index (χ2n) is 4.21. The molecule has 1 aromatic rings. The zero-order valence-electron chi connectivity index (χ0n) is 10.7. The Morgan fingerprint density at radius 2 is 2.24 bits per heavy atom. The van der Waals surface area contributed by atoms with Gasteiger partial charge in [-0.15, -0.1) is 0 Å². The molecule has 2 N–H and O–H groups in total. The minimum atomic E-state index is 0.306. The lowest BCUT2D eigenvalue weighted by Gasteiger charge is -2.03. The number of aliphatic hydroxyl groups excluding tert-OH is 1. The molecule has 0 aliphatic heterocycles. The van der Waals surface area contributed by atoms with E-state index in [2.05, 4.69) is 28.3 Å². The van der Waals surface area contributed by atoms with Gasteiger partial charge in [-0.05, 0) is 30.9 Å². The molecule has 0 atom stereocenters. The first-order valence-electron chi connectivity index (χ1n) is 6.32. The molecule has 0 amide bonds. The van der Waals surface area contributed by atoms with Gasteiger partial charge in [0.2, 0.25) is 0 Å². The van der Waals surface area contributed by atoms with Gasteiger partial charge in [0.1, 0.15) is 0 Å². The molecule has 0 radical (unpaired) electrons. The molecule has 0 aromatic carbocycles. The quantitative estimate of drug-likeness (QED) is 0.607. The van der Waals surface area contributed by atoms with E-state index in [9.17, 15) is 0 Å². The molecule has 0 saturated heterocycles. The second-order valence-corrected chi connectivity index (χ2v) is 4.21. The smallest absolute Gasteiger partial charge is 0.0587 e. The highest BCUT2D eigenvalue weighted by Crippen LogP contribution is 2.04. The average molecular weight is 240 g/mol. The largest absolute Gasteiger partial charge is 0.396 e. The zero-order chi connectivity index (χ0) is 12.3. The fraction of sp³-hybridized carbons (Fsp3) is 0.692. The average Bonchev–Trinajstić information content (AvgIpc) is 2.78. The maximum absolute atomic E-state index is 8.68. The van der Waals surface area contributed by atoms with Crippen LogP contribution in [0.5, 0.6) is 0 Å². The molecule has 4 heteroatoms. The van der Waals surface area contributed by atoms with Crippen LogP contribution in [0, 0.1) is 0 Å². The molecule has 98 valence electrons. The number of hydrogen-bond donors (Lipinski definition) is 2. The van der Waals surface area contributed by atoms with Gasteiger partial charge in [0, 0.05) is 45.7 Å². The summed E-state index contributed by atoms with van der Waals surface area (Å²) in [4.78, 5) is 0. The highest BCUT2D eigenvalue weighted by atomic mass is 16.5. The van der Waals surface area contributed by atoms with Crippen LogP contribution >= 0.6 is 0 Å². The molecule has 0 spiro atoms. The van der Waals surface area contributed by atoms with Crippen LogP contribution in [-0.2, 0) is 17.8 Å². The third kappa shape index (κ3) is 6.46. The Morgan fingerprint density at radius 3 is 3.00 bits per heavy atom. The van der Waals surface area contributed by atoms with Crippen LogP contribution in [0.3, 0.4) is 0 Å². The minimum absolute atomic E-state index is 0.306. The van der Waals surface area contributed by atoms with Crippen molar-refractivity contribution in [3.05, 3.63) is 24.0 Å². The summed E-state index contributed by atoms with van der Waals surface area (Å²) in [5, 5.41) is 12.0. The van der Waals surface area contributed by atoms with Crippen molar-refractivity contribution in [2.45, 2.75) is 32.4 Å². The summed E-state index contributed by atoms with van der Waals surface area (Å²) >= 11 is 0. The lowest BCUT2D eigenvalue weighted by molar-refractivity contribution is 0.199. The summed E-state index contributed by atoms with van der Waals surface area (Å²) in [6, 6.07) is 2.14. The lowest BCUT2D eigenvalue weighted by atomic mass is 10.2. The SMILES string of the molecule is COCCNCc1ccn(CCCCCO)c1. The molecule has 0 aliphatic rings. The standard InChI is InChI=1S/C13H24N2O2/c1-17-10-6-14-11-13-5-8-15(12-13)7-3-2-4-9-16/h5,8,12,14,16H,2-4,6-7,9-11H2,1H3. The Morgan fingerprint density at radius 1 is 1.35 bits per heavy atom. The monoisotopic (exact) mass is 240 g/mol. The molecule has 17 heavy (non-hydrogen) atoms. The molecule has 0 fully saturated rings. The van der Waals surface area contributed by atoms with Crippen LogP contribution in [0.15, 0.2) is 18.5 Å². The fourth-order valence-electron chi connectivity index (χ4n) is 1.72. The zero-order valence-corrected chi connectivity index (χ0v) is 10.7. The predicted octanol–water partition coefficient (Wildman–Crippen LogP) is 1.39. The number of rotatable bonds is 10. The Balaban J connectivity index is 2.14. The van der Waals surface area contributed by atoms with Gasteiger partial charge in [0.05, 0.1) is 6.61 Å². The van der Waals surface area contributed by atoms with E-state index in [0.29, 0.717) is 6.61 Å². The van der Waals surface area contributed by atoms with Gasteiger partial charge >= 0.3 is 0 Å². The number of nitrogens with one attached hydrogen (secondary N) is 1. The number of unbranched alkanes of at least 4 members (excludes halogenated alkanes) is 2. The Bertz CT molecular complexity index is 260. The summed E-state index contributed by atoms with van der Waals surface area (Å²) in [6.45, 7) is 3.88. The first-order chi connectivity index (χ1) is 8.36. The summed E-state index contributed by atoms with van der Waals surface area (Å²) < 4.78 is 7.19. The van der Waals surface area contributed by atoms with Crippen LogP contribution in [0.25, 0.3) is 0 Å². The highest BCUT2D eigenvalue weighted by Gasteiger charge is 1.97. The third-order valence-corrected chi connectivity index (χ3v) is 2.70. The van der Waals surface area contributed by atoms with E-state index < -0.39 is 0 Å². The van der Waals surface area contributed by atoms with Crippen molar-refractivity contribution < 1.29 is 9.84 Å². The van der Waals surface area contributed by atoms with Gasteiger partial charge in [-0.25, -0.2) is 0 Å². The van der Waals surface area contributed by atoms with E-state index in [-0.39, 0.29) is 0 Å². The Kier molecular flexibility index (Phi) is 7.71. The number of nitrogens with zero attached hydrogens (tertiary/aromatic N) is 1. The molecule has 1 heterocycles. The maximum Gasteiger partial charge on any atom is 0.0587 e. The highest BCUT2D eigenvalue weighted by molar-refractivity contribution is 5.09. The van der Waals surface area contributed by atoms with Crippen molar-refractivity contribution in [2.75, 3.05) is 26.9 Å². The molecule has 1 aromatic heterocycles. The van der Waals surface area contributed by atoms with E-state index in [4.69, 9.17) is 9.84 Å². The molecule has 0 aliphatic carbocycles. The van der Waals surface area contributed by atoms with Crippen LogP contribution in [0.1, 0.15) is 24.8 Å². The molecule has 1 rings (SSSR count). The molecule has 4 nitrogen and oxygen atoms in total. The van der Waals surface area contributed by atoms with Crippen molar-refractivity contribution >= 4 is 0 Å². The first kappa shape index (κ1) is 14.2. The fourth-order valence-corrected chi connectivity index (χ4v) is 1.72. The maximum atomic E-state index is 8.68. The van der Waals surface area contributed by atoms with Gasteiger partial charge in [-0.1, -0.05) is 0 Å². The van der Waals surface area contributed by atoms with E-state index in [1.165, 1.54) is 5.56 Å². The number of methoxy groups -OCH3 is 1. The number of aliphatic hydroxyl groups is 1. The number of ether oxygens (including phenoxy) is 1. The van der Waals surface area contributed by atoms with E-state index in [1.807, 2.05) is 0 Å². The number of hydrogen-bond acceptors (Lipinski definition) is 3. The number of aryl methyl sites for hydroxylation is 1.